The number of hydrogen-bond acceptors (Lipinski definition) is 1. The Morgan fingerprint density at radius 2 is 1.86 bits per heavy atom. The van der Waals surface area contributed by atoms with Gasteiger partial charge >= 0.3 is 0 Å². The quantitative estimate of drug-likeness (QED) is 0.821. The van der Waals surface area contributed by atoms with Crippen LogP contribution in [0.4, 0.5) is 4.39 Å². The smallest absolute Gasteiger partial charge is 0.166 e. The summed E-state index contributed by atoms with van der Waals surface area (Å²) in [6.07, 6.45) is 0.887. The normalized spacial score (nSPS) is 10.2. The van der Waals surface area contributed by atoms with Gasteiger partial charge in [-0.05, 0) is 36.3 Å². The third kappa shape index (κ3) is 5.33. The Hall–Kier alpha value is -1.65. The standard InChI is InChI=1S/C16H16ClFN2S/c17-14-7-6-13(15(18)10-14)11-20-16(21)19-9-8-12-4-2-1-3-5-12/h1-7,10H,8-9,11H2,(H2,19,20,21). The molecule has 0 aromatic heterocycles. The Bertz CT molecular complexity index is 604. The van der Waals surface area contributed by atoms with Gasteiger partial charge < -0.3 is 10.6 Å². The van der Waals surface area contributed by atoms with Crippen molar-refractivity contribution in [2.45, 2.75) is 13.0 Å². The molecule has 2 aromatic carbocycles. The van der Waals surface area contributed by atoms with Gasteiger partial charge in [0, 0.05) is 23.7 Å². The molecule has 0 bridgehead atoms. The van der Waals surface area contributed by atoms with E-state index in [4.69, 9.17) is 23.8 Å². The predicted molar refractivity (Wildman–Crippen MR) is 89.0 cm³/mol. The SMILES string of the molecule is Fc1cc(Cl)ccc1CNC(=S)NCCc1ccccc1. The first-order valence-electron chi connectivity index (χ1n) is 6.65. The third-order valence-electron chi connectivity index (χ3n) is 3.00. The van der Waals surface area contributed by atoms with Crippen LogP contribution in [-0.4, -0.2) is 11.7 Å². The van der Waals surface area contributed by atoms with Gasteiger partial charge in [-0.25, -0.2) is 4.39 Å². The Labute approximate surface area is 134 Å². The topological polar surface area (TPSA) is 24.1 Å². The van der Waals surface area contributed by atoms with Crippen molar-refractivity contribution < 1.29 is 4.39 Å². The minimum absolute atomic E-state index is 0.331. The van der Waals surface area contributed by atoms with Crippen molar-refractivity contribution >= 4 is 28.9 Å². The summed E-state index contributed by atoms with van der Waals surface area (Å²) in [5.74, 6) is -0.331. The highest BCUT2D eigenvalue weighted by Crippen LogP contribution is 2.14. The van der Waals surface area contributed by atoms with Gasteiger partial charge in [-0.2, -0.15) is 0 Å². The van der Waals surface area contributed by atoms with E-state index in [1.165, 1.54) is 11.6 Å². The van der Waals surface area contributed by atoms with Crippen LogP contribution < -0.4 is 10.6 Å². The number of nitrogens with one attached hydrogen (secondary N) is 2. The van der Waals surface area contributed by atoms with E-state index in [1.807, 2.05) is 18.2 Å². The average Bonchev–Trinajstić information content (AvgIpc) is 2.47. The van der Waals surface area contributed by atoms with Gasteiger partial charge in [0.05, 0.1) is 0 Å². The number of halogens is 2. The molecule has 0 unspecified atom stereocenters. The summed E-state index contributed by atoms with van der Waals surface area (Å²) in [7, 11) is 0. The minimum Gasteiger partial charge on any atom is -0.362 e. The molecule has 0 saturated carbocycles. The monoisotopic (exact) mass is 322 g/mol. The van der Waals surface area contributed by atoms with Crippen LogP contribution in [0.5, 0.6) is 0 Å². The molecule has 0 aliphatic rings. The van der Waals surface area contributed by atoms with E-state index in [0.29, 0.717) is 22.2 Å². The lowest BCUT2D eigenvalue weighted by Gasteiger charge is -2.11. The third-order valence-corrected chi connectivity index (χ3v) is 3.52. The molecule has 0 aliphatic heterocycles. The molecule has 2 nitrogen and oxygen atoms in total. The molecular formula is C16H16ClFN2S. The highest BCUT2D eigenvalue weighted by atomic mass is 35.5. The highest BCUT2D eigenvalue weighted by molar-refractivity contribution is 7.80. The number of benzene rings is 2. The fourth-order valence-electron chi connectivity index (χ4n) is 1.87. The first-order valence-corrected chi connectivity index (χ1v) is 7.43. The van der Waals surface area contributed by atoms with Gasteiger partial charge in [0.2, 0.25) is 0 Å². The molecule has 0 saturated heterocycles. The molecule has 21 heavy (non-hydrogen) atoms. The zero-order valence-corrected chi connectivity index (χ0v) is 13.0. The summed E-state index contributed by atoms with van der Waals surface area (Å²) >= 11 is 10.9. The van der Waals surface area contributed by atoms with E-state index in [9.17, 15) is 4.39 Å². The second kappa shape index (κ2) is 7.96. The van der Waals surface area contributed by atoms with Gasteiger partial charge in [-0.1, -0.05) is 48.0 Å². The molecule has 0 atom stereocenters. The van der Waals surface area contributed by atoms with Crippen LogP contribution in [0.25, 0.3) is 0 Å². The number of rotatable bonds is 5. The zero-order chi connectivity index (χ0) is 15.1. The summed E-state index contributed by atoms with van der Waals surface area (Å²) in [6.45, 7) is 1.07. The first-order chi connectivity index (χ1) is 10.1. The summed E-state index contributed by atoms with van der Waals surface area (Å²) < 4.78 is 13.6. The minimum atomic E-state index is -0.331. The molecule has 0 aliphatic carbocycles. The molecule has 0 fully saturated rings. The lowest BCUT2D eigenvalue weighted by molar-refractivity contribution is 0.605. The fraction of sp³-hybridized carbons (Fsp3) is 0.188. The first kappa shape index (κ1) is 15.7. The van der Waals surface area contributed by atoms with Crippen LogP contribution in [0.1, 0.15) is 11.1 Å². The lowest BCUT2D eigenvalue weighted by Crippen LogP contribution is -2.36. The van der Waals surface area contributed by atoms with Gasteiger partial charge in [0.25, 0.3) is 0 Å². The maximum Gasteiger partial charge on any atom is 0.166 e. The van der Waals surface area contributed by atoms with E-state index in [0.717, 1.165) is 13.0 Å². The highest BCUT2D eigenvalue weighted by Gasteiger charge is 2.03. The van der Waals surface area contributed by atoms with Crippen molar-refractivity contribution in [2.24, 2.45) is 0 Å². The molecule has 0 heterocycles. The van der Waals surface area contributed by atoms with Crippen molar-refractivity contribution in [3.8, 4) is 0 Å². The molecule has 0 radical (unpaired) electrons. The molecule has 2 rings (SSSR count). The Morgan fingerprint density at radius 3 is 2.57 bits per heavy atom. The van der Waals surface area contributed by atoms with Crippen molar-refractivity contribution in [1.29, 1.82) is 0 Å². The van der Waals surface area contributed by atoms with Gasteiger partial charge in [-0.15, -0.1) is 0 Å². The lowest BCUT2D eigenvalue weighted by atomic mass is 10.1. The van der Waals surface area contributed by atoms with Gasteiger partial charge in [0.15, 0.2) is 5.11 Å². The molecule has 110 valence electrons. The van der Waals surface area contributed by atoms with Crippen LogP contribution in [0.2, 0.25) is 5.02 Å². The fourth-order valence-corrected chi connectivity index (χ4v) is 2.20. The summed E-state index contributed by atoms with van der Waals surface area (Å²) in [4.78, 5) is 0. The van der Waals surface area contributed by atoms with E-state index >= 15 is 0 Å². The van der Waals surface area contributed by atoms with Crippen LogP contribution in [-0.2, 0) is 13.0 Å². The summed E-state index contributed by atoms with van der Waals surface area (Å²) in [5, 5.41) is 6.99. The Balaban J connectivity index is 1.72. The maximum absolute atomic E-state index is 13.6. The Kier molecular flexibility index (Phi) is 5.96. The molecule has 0 spiro atoms. The molecule has 2 N–H and O–H groups in total. The van der Waals surface area contributed by atoms with Crippen molar-refractivity contribution in [3.05, 3.63) is 70.5 Å². The molecule has 5 heteroatoms. The number of thiocarbonyl (C=S) groups is 1. The van der Waals surface area contributed by atoms with Crippen molar-refractivity contribution in [1.82, 2.24) is 10.6 Å². The van der Waals surface area contributed by atoms with Crippen molar-refractivity contribution in [2.75, 3.05) is 6.54 Å². The predicted octanol–water partition coefficient (Wildman–Crippen LogP) is 3.69. The van der Waals surface area contributed by atoms with Crippen LogP contribution in [0.3, 0.4) is 0 Å². The van der Waals surface area contributed by atoms with Crippen molar-refractivity contribution in [3.63, 3.8) is 0 Å². The molecule has 2 aromatic rings. The molecular weight excluding hydrogens is 307 g/mol. The van der Waals surface area contributed by atoms with E-state index in [2.05, 4.69) is 22.8 Å². The van der Waals surface area contributed by atoms with E-state index in [1.54, 1.807) is 12.1 Å². The van der Waals surface area contributed by atoms with Crippen LogP contribution in [0.15, 0.2) is 48.5 Å². The average molecular weight is 323 g/mol. The Morgan fingerprint density at radius 1 is 1.10 bits per heavy atom. The van der Waals surface area contributed by atoms with Crippen LogP contribution in [0, 0.1) is 5.82 Å². The second-order valence-electron chi connectivity index (χ2n) is 4.58. The van der Waals surface area contributed by atoms with Gasteiger partial charge in [-0.3, -0.25) is 0 Å². The largest absolute Gasteiger partial charge is 0.362 e. The number of hydrogen-bond donors (Lipinski definition) is 2. The summed E-state index contributed by atoms with van der Waals surface area (Å²) in [6, 6.07) is 14.8. The molecule has 0 amide bonds. The van der Waals surface area contributed by atoms with E-state index in [-0.39, 0.29) is 5.82 Å². The zero-order valence-electron chi connectivity index (χ0n) is 11.4. The second-order valence-corrected chi connectivity index (χ2v) is 5.43. The van der Waals surface area contributed by atoms with Gasteiger partial charge in [0.1, 0.15) is 5.82 Å². The van der Waals surface area contributed by atoms with Crippen LogP contribution >= 0.6 is 23.8 Å². The summed E-state index contributed by atoms with van der Waals surface area (Å²) in [5.41, 5.74) is 1.78. The maximum atomic E-state index is 13.6. The van der Waals surface area contributed by atoms with E-state index < -0.39 is 0 Å².